The minimum absolute atomic E-state index is 0.473. The summed E-state index contributed by atoms with van der Waals surface area (Å²) >= 11 is 12.1. The Morgan fingerprint density at radius 3 is 2.50 bits per heavy atom. The van der Waals surface area contributed by atoms with Crippen molar-refractivity contribution < 1.29 is 5.11 Å². The second-order valence-corrected chi connectivity index (χ2v) is 5.87. The van der Waals surface area contributed by atoms with E-state index < -0.39 is 6.10 Å². The van der Waals surface area contributed by atoms with E-state index in [1.54, 1.807) is 18.6 Å². The first-order valence-corrected chi connectivity index (χ1v) is 7.58. The van der Waals surface area contributed by atoms with Crippen molar-refractivity contribution in [2.24, 2.45) is 0 Å². The van der Waals surface area contributed by atoms with Gasteiger partial charge in [-0.15, -0.1) is 0 Å². The summed E-state index contributed by atoms with van der Waals surface area (Å²) in [6, 6.07) is 13.1. The summed E-state index contributed by atoms with van der Waals surface area (Å²) in [5.41, 5.74) is 2.75. The fourth-order valence-electron chi connectivity index (χ4n) is 2.31. The van der Waals surface area contributed by atoms with Crippen LogP contribution in [-0.2, 0) is 6.54 Å². The number of imidazole rings is 1. The first-order valence-electron chi connectivity index (χ1n) is 6.82. The van der Waals surface area contributed by atoms with E-state index >= 15 is 0 Å². The van der Waals surface area contributed by atoms with Gasteiger partial charge in [-0.2, -0.15) is 0 Å². The maximum Gasteiger partial charge on any atom is 0.0969 e. The van der Waals surface area contributed by atoms with Crippen LogP contribution in [0.4, 0.5) is 0 Å². The van der Waals surface area contributed by atoms with E-state index in [2.05, 4.69) is 4.98 Å². The molecule has 0 aliphatic heterocycles. The van der Waals surface area contributed by atoms with Gasteiger partial charge in [0, 0.05) is 28.0 Å². The monoisotopic (exact) mass is 332 g/mol. The molecule has 112 valence electrons. The maximum atomic E-state index is 10.3. The lowest BCUT2D eigenvalue weighted by Crippen LogP contribution is -2.06. The number of benzene rings is 2. The molecule has 0 saturated carbocycles. The van der Waals surface area contributed by atoms with Crippen molar-refractivity contribution >= 4 is 23.2 Å². The largest absolute Gasteiger partial charge is 0.387 e. The molecule has 1 atom stereocenters. The molecule has 0 amide bonds. The van der Waals surface area contributed by atoms with Crippen LogP contribution >= 0.6 is 23.2 Å². The number of nitrogens with zero attached hydrogens (tertiary/aromatic N) is 2. The van der Waals surface area contributed by atoms with Crippen LogP contribution in [-0.4, -0.2) is 14.7 Å². The third-order valence-corrected chi connectivity index (χ3v) is 4.03. The Bertz CT molecular complexity index is 755. The standard InChI is InChI=1S/C17H14Cl2N2O/c18-14-5-6-15(16(19)9-14)12-1-3-13(4-2-12)17(22)10-21-8-7-20-11-21/h1-9,11,17,22H,10H2. The van der Waals surface area contributed by atoms with Gasteiger partial charge in [-0.25, -0.2) is 4.98 Å². The van der Waals surface area contributed by atoms with Crippen molar-refractivity contribution in [1.82, 2.24) is 9.55 Å². The minimum Gasteiger partial charge on any atom is -0.387 e. The molecular weight excluding hydrogens is 319 g/mol. The summed E-state index contributed by atoms with van der Waals surface area (Å²) in [6.45, 7) is 0.473. The molecule has 22 heavy (non-hydrogen) atoms. The lowest BCUT2D eigenvalue weighted by Gasteiger charge is -2.13. The van der Waals surface area contributed by atoms with Crippen molar-refractivity contribution in [3.8, 4) is 11.1 Å². The van der Waals surface area contributed by atoms with E-state index in [-0.39, 0.29) is 0 Å². The molecule has 3 nitrogen and oxygen atoms in total. The summed E-state index contributed by atoms with van der Waals surface area (Å²) in [4.78, 5) is 3.97. The van der Waals surface area contributed by atoms with E-state index in [0.29, 0.717) is 16.6 Å². The fraction of sp³-hybridized carbons (Fsp3) is 0.118. The van der Waals surface area contributed by atoms with Gasteiger partial charge in [0.1, 0.15) is 0 Å². The predicted octanol–water partition coefficient (Wildman–Crippen LogP) is 4.59. The van der Waals surface area contributed by atoms with Crippen LogP contribution in [0.1, 0.15) is 11.7 Å². The molecule has 1 unspecified atom stereocenters. The Kier molecular flexibility index (Phi) is 4.48. The van der Waals surface area contributed by atoms with Gasteiger partial charge in [0.05, 0.1) is 19.0 Å². The van der Waals surface area contributed by atoms with Crippen LogP contribution in [0, 0.1) is 0 Å². The fourth-order valence-corrected chi connectivity index (χ4v) is 2.83. The Morgan fingerprint density at radius 2 is 1.86 bits per heavy atom. The molecule has 1 heterocycles. The number of aliphatic hydroxyl groups is 1. The van der Waals surface area contributed by atoms with E-state index in [1.165, 1.54) is 0 Å². The van der Waals surface area contributed by atoms with Gasteiger partial charge in [-0.05, 0) is 23.3 Å². The molecule has 5 heteroatoms. The quantitative estimate of drug-likeness (QED) is 0.758. The average molecular weight is 333 g/mol. The highest BCUT2D eigenvalue weighted by Crippen LogP contribution is 2.31. The zero-order chi connectivity index (χ0) is 15.5. The second kappa shape index (κ2) is 6.53. The van der Waals surface area contributed by atoms with E-state index in [0.717, 1.165) is 16.7 Å². The SMILES string of the molecule is OC(Cn1ccnc1)c1ccc(-c2ccc(Cl)cc2Cl)cc1. The highest BCUT2D eigenvalue weighted by molar-refractivity contribution is 6.36. The van der Waals surface area contributed by atoms with Crippen LogP contribution in [0.5, 0.6) is 0 Å². The molecule has 0 aliphatic carbocycles. The van der Waals surface area contributed by atoms with E-state index in [1.807, 2.05) is 47.2 Å². The van der Waals surface area contributed by atoms with Gasteiger partial charge in [0.2, 0.25) is 0 Å². The zero-order valence-electron chi connectivity index (χ0n) is 11.7. The molecule has 1 N–H and O–H groups in total. The van der Waals surface area contributed by atoms with Crippen LogP contribution in [0.25, 0.3) is 11.1 Å². The van der Waals surface area contributed by atoms with Crippen molar-refractivity contribution in [2.75, 3.05) is 0 Å². The number of hydrogen-bond donors (Lipinski definition) is 1. The molecule has 0 aliphatic rings. The predicted molar refractivity (Wildman–Crippen MR) is 89.1 cm³/mol. The highest BCUT2D eigenvalue weighted by atomic mass is 35.5. The third kappa shape index (κ3) is 3.33. The van der Waals surface area contributed by atoms with Crippen molar-refractivity contribution in [2.45, 2.75) is 12.6 Å². The third-order valence-electron chi connectivity index (χ3n) is 3.48. The van der Waals surface area contributed by atoms with Crippen molar-refractivity contribution in [1.29, 1.82) is 0 Å². The molecule has 0 saturated heterocycles. The molecule has 1 aromatic heterocycles. The topological polar surface area (TPSA) is 38.0 Å². The zero-order valence-corrected chi connectivity index (χ0v) is 13.2. The van der Waals surface area contributed by atoms with Gasteiger partial charge in [-0.1, -0.05) is 53.5 Å². The van der Waals surface area contributed by atoms with Crippen molar-refractivity contribution in [3.05, 3.63) is 76.8 Å². The summed E-state index contributed by atoms with van der Waals surface area (Å²) < 4.78 is 1.84. The Hall–Kier alpha value is -1.81. The average Bonchev–Trinajstić information content (AvgIpc) is 3.00. The Morgan fingerprint density at radius 1 is 1.09 bits per heavy atom. The summed E-state index contributed by atoms with van der Waals surface area (Å²) in [5, 5.41) is 11.5. The summed E-state index contributed by atoms with van der Waals surface area (Å²) in [7, 11) is 0. The van der Waals surface area contributed by atoms with Crippen LogP contribution in [0.2, 0.25) is 10.0 Å². The molecule has 2 aromatic carbocycles. The van der Waals surface area contributed by atoms with Crippen LogP contribution < -0.4 is 0 Å². The summed E-state index contributed by atoms with van der Waals surface area (Å²) in [6.07, 6.45) is 4.62. The molecule has 3 rings (SSSR count). The molecule has 0 fully saturated rings. The van der Waals surface area contributed by atoms with Gasteiger partial charge >= 0.3 is 0 Å². The number of halogens is 2. The molecule has 0 radical (unpaired) electrons. The minimum atomic E-state index is -0.580. The first-order chi connectivity index (χ1) is 10.6. The summed E-state index contributed by atoms with van der Waals surface area (Å²) in [5.74, 6) is 0. The Labute approximate surface area is 138 Å². The van der Waals surface area contributed by atoms with Gasteiger partial charge < -0.3 is 9.67 Å². The van der Waals surface area contributed by atoms with Crippen molar-refractivity contribution in [3.63, 3.8) is 0 Å². The smallest absolute Gasteiger partial charge is 0.0969 e. The van der Waals surface area contributed by atoms with Gasteiger partial charge in [-0.3, -0.25) is 0 Å². The number of aromatic nitrogens is 2. The normalized spacial score (nSPS) is 12.3. The second-order valence-electron chi connectivity index (χ2n) is 5.02. The van der Waals surface area contributed by atoms with E-state index in [9.17, 15) is 5.11 Å². The lowest BCUT2D eigenvalue weighted by atomic mass is 10.0. The number of hydrogen-bond acceptors (Lipinski definition) is 2. The number of rotatable bonds is 4. The van der Waals surface area contributed by atoms with Gasteiger partial charge in [0.25, 0.3) is 0 Å². The first kappa shape index (κ1) is 15.1. The van der Waals surface area contributed by atoms with Crippen LogP contribution in [0.3, 0.4) is 0 Å². The van der Waals surface area contributed by atoms with Crippen LogP contribution in [0.15, 0.2) is 61.2 Å². The molecule has 0 bridgehead atoms. The molecule has 3 aromatic rings. The highest BCUT2D eigenvalue weighted by Gasteiger charge is 2.09. The molecular formula is C17H14Cl2N2O. The maximum absolute atomic E-state index is 10.3. The van der Waals surface area contributed by atoms with E-state index in [4.69, 9.17) is 23.2 Å². The lowest BCUT2D eigenvalue weighted by molar-refractivity contribution is 0.156. The Balaban J connectivity index is 1.80. The number of aliphatic hydroxyl groups excluding tert-OH is 1. The van der Waals surface area contributed by atoms with Gasteiger partial charge in [0.15, 0.2) is 0 Å². The molecule has 0 spiro atoms.